The van der Waals surface area contributed by atoms with Gasteiger partial charge in [0.05, 0.1) is 5.41 Å². The van der Waals surface area contributed by atoms with Crippen LogP contribution in [0.2, 0.25) is 0 Å². The van der Waals surface area contributed by atoms with Gasteiger partial charge in [0, 0.05) is 42.1 Å². The Kier molecular flexibility index (Phi) is 11.5. The number of hydrogen-bond acceptors (Lipinski definition) is 1. The van der Waals surface area contributed by atoms with Crippen molar-refractivity contribution < 1.29 is 26.5 Å². The fourth-order valence-electron chi connectivity index (χ4n) is 10.5. The molecule has 2 heterocycles. The van der Waals surface area contributed by atoms with Crippen molar-refractivity contribution in [2.75, 3.05) is 18.0 Å². The second-order valence-electron chi connectivity index (χ2n) is 17.5. The third kappa shape index (κ3) is 7.34. The molecule has 2 aliphatic heterocycles. The lowest BCUT2D eigenvalue weighted by atomic mass is 9.74. The van der Waals surface area contributed by atoms with E-state index in [1.807, 2.05) is 24.0 Å². The summed E-state index contributed by atoms with van der Waals surface area (Å²) in [5.74, 6) is -5.64. The van der Waals surface area contributed by atoms with Crippen LogP contribution in [0.25, 0.3) is 10.8 Å². The molecular formula is C48H58F5N2+. The zero-order valence-corrected chi connectivity index (χ0v) is 33.2. The van der Waals surface area contributed by atoms with E-state index in [9.17, 15) is 8.78 Å². The SMILES string of the molecule is Cc1ccc2c(c1)N(CCCCC1CCCC1)C(=CC=CC1=[N+](CCCCC3CCCC3)c3ccc4ccccc4c3C1(C)C)C2(C)C(F)(F)C(F)=C(F)F. The van der Waals surface area contributed by atoms with Gasteiger partial charge in [0.15, 0.2) is 5.71 Å². The van der Waals surface area contributed by atoms with Gasteiger partial charge in [0.25, 0.3) is 0 Å². The predicted octanol–water partition coefficient (Wildman–Crippen LogP) is 14.2. The zero-order chi connectivity index (χ0) is 39.0. The standard InChI is InChI=1S/C48H58F5N2/c1-33-26-28-38-40(32-33)55(31-14-12-21-35-18-7-8-19-35)42(47(38,4)48(52,53)44(49)45(50)51)25-15-24-41-46(2,3)43-37-23-10-9-22-36(37)27-29-39(43)54(41)30-13-11-20-34-16-5-6-17-34/h9-10,15,22-29,32,34-35H,5-8,11-14,16-21,30-31H2,1-4H3/q+1. The normalized spacial score (nSPS) is 22.2. The maximum Gasteiger partial charge on any atom is 0.318 e. The molecule has 2 aliphatic carbocycles. The Hall–Kier alpha value is -3.74. The van der Waals surface area contributed by atoms with Crippen molar-refractivity contribution in [1.82, 2.24) is 0 Å². The Morgan fingerprint density at radius 2 is 1.49 bits per heavy atom. The third-order valence-electron chi connectivity index (χ3n) is 13.6. The molecule has 0 N–H and O–H groups in total. The molecule has 1 unspecified atom stereocenters. The van der Waals surface area contributed by atoms with Crippen molar-refractivity contribution >= 4 is 27.9 Å². The van der Waals surface area contributed by atoms with Crippen molar-refractivity contribution in [3.8, 4) is 0 Å². The number of aryl methyl sites for hydroxylation is 1. The summed E-state index contributed by atoms with van der Waals surface area (Å²) in [5.41, 5.74) is 2.36. The highest BCUT2D eigenvalue weighted by Crippen LogP contribution is 2.58. The molecule has 3 aromatic carbocycles. The summed E-state index contributed by atoms with van der Waals surface area (Å²) in [5, 5.41) is 2.36. The molecule has 3 aromatic rings. The minimum absolute atomic E-state index is 0.133. The van der Waals surface area contributed by atoms with Crippen molar-refractivity contribution in [2.24, 2.45) is 11.8 Å². The summed E-state index contributed by atoms with van der Waals surface area (Å²) in [6, 6.07) is 17.9. The van der Waals surface area contributed by atoms with Crippen LogP contribution in [0.3, 0.4) is 0 Å². The fourth-order valence-corrected chi connectivity index (χ4v) is 10.5. The second-order valence-corrected chi connectivity index (χ2v) is 17.5. The number of halogens is 5. The molecule has 2 saturated carbocycles. The molecular weight excluding hydrogens is 700 g/mol. The zero-order valence-electron chi connectivity index (χ0n) is 33.2. The second kappa shape index (κ2) is 16.0. The lowest BCUT2D eigenvalue weighted by Gasteiger charge is -2.36. The van der Waals surface area contributed by atoms with Crippen LogP contribution in [0.1, 0.15) is 127 Å². The molecule has 2 fully saturated rings. The Balaban J connectivity index is 1.29. The first-order valence-corrected chi connectivity index (χ1v) is 20.9. The lowest BCUT2D eigenvalue weighted by Crippen LogP contribution is -2.45. The summed E-state index contributed by atoms with van der Waals surface area (Å²) in [4.78, 5) is 1.85. The number of rotatable bonds is 14. The summed E-state index contributed by atoms with van der Waals surface area (Å²) in [7, 11) is 0. The number of alkyl halides is 2. The molecule has 55 heavy (non-hydrogen) atoms. The van der Waals surface area contributed by atoms with Gasteiger partial charge >= 0.3 is 12.0 Å². The van der Waals surface area contributed by atoms with Gasteiger partial charge < -0.3 is 4.90 Å². The Bertz CT molecular complexity index is 2010. The lowest BCUT2D eigenvalue weighted by molar-refractivity contribution is -0.438. The largest absolute Gasteiger partial charge is 0.344 e. The predicted molar refractivity (Wildman–Crippen MR) is 217 cm³/mol. The van der Waals surface area contributed by atoms with E-state index < -0.39 is 28.7 Å². The average Bonchev–Trinajstić information content (AvgIpc) is 3.96. The van der Waals surface area contributed by atoms with E-state index >= 15 is 13.2 Å². The quantitative estimate of drug-likeness (QED) is 0.0902. The molecule has 1 atom stereocenters. The number of anilines is 1. The number of fused-ring (bicyclic) bond motifs is 4. The van der Waals surface area contributed by atoms with Gasteiger partial charge in [-0.1, -0.05) is 113 Å². The summed E-state index contributed by atoms with van der Waals surface area (Å²) < 4.78 is 78.1. The average molecular weight is 758 g/mol. The van der Waals surface area contributed by atoms with Crippen molar-refractivity contribution in [1.29, 1.82) is 0 Å². The Morgan fingerprint density at radius 1 is 0.836 bits per heavy atom. The third-order valence-corrected chi connectivity index (χ3v) is 13.6. The number of hydrogen-bond donors (Lipinski definition) is 0. The van der Waals surface area contributed by atoms with Crippen LogP contribution in [-0.2, 0) is 10.8 Å². The molecule has 0 aromatic heterocycles. The molecule has 7 rings (SSSR count). The van der Waals surface area contributed by atoms with Crippen LogP contribution in [0.4, 0.5) is 33.3 Å². The van der Waals surface area contributed by atoms with E-state index in [1.165, 1.54) is 81.0 Å². The minimum atomic E-state index is -4.49. The number of benzene rings is 3. The maximum atomic E-state index is 16.5. The maximum absolute atomic E-state index is 16.5. The van der Waals surface area contributed by atoms with Crippen molar-refractivity contribution in [3.63, 3.8) is 0 Å². The first-order chi connectivity index (χ1) is 26.4. The highest BCUT2D eigenvalue weighted by atomic mass is 19.3. The summed E-state index contributed by atoms with van der Waals surface area (Å²) in [6.07, 6.45) is 19.0. The van der Waals surface area contributed by atoms with Crippen LogP contribution in [0.15, 0.2) is 90.4 Å². The van der Waals surface area contributed by atoms with Crippen LogP contribution in [0.5, 0.6) is 0 Å². The molecule has 0 saturated heterocycles. The van der Waals surface area contributed by atoms with E-state index in [0.29, 0.717) is 18.2 Å². The Morgan fingerprint density at radius 3 is 2.16 bits per heavy atom. The molecule has 4 aliphatic rings. The smallest absolute Gasteiger partial charge is 0.318 e. The Labute approximate surface area is 324 Å². The van der Waals surface area contributed by atoms with Gasteiger partial charge in [-0.25, -0.2) is 0 Å². The highest BCUT2D eigenvalue weighted by Gasteiger charge is 2.63. The molecule has 0 spiro atoms. The van der Waals surface area contributed by atoms with E-state index in [4.69, 9.17) is 0 Å². The van der Waals surface area contributed by atoms with Crippen LogP contribution in [0, 0.1) is 18.8 Å². The number of allylic oxidation sites excluding steroid dienone is 5. The topological polar surface area (TPSA) is 6.25 Å². The first-order valence-electron chi connectivity index (χ1n) is 20.9. The van der Waals surface area contributed by atoms with E-state index in [-0.39, 0.29) is 11.3 Å². The minimum Gasteiger partial charge on any atom is -0.344 e. The molecule has 0 amide bonds. The molecule has 7 heteroatoms. The molecule has 294 valence electrons. The van der Waals surface area contributed by atoms with Gasteiger partial charge in [0.2, 0.25) is 11.5 Å². The van der Waals surface area contributed by atoms with Gasteiger partial charge in [-0.05, 0) is 92.5 Å². The van der Waals surface area contributed by atoms with E-state index in [2.05, 4.69) is 54.8 Å². The van der Waals surface area contributed by atoms with Gasteiger partial charge in [-0.2, -0.15) is 26.5 Å². The van der Waals surface area contributed by atoms with Crippen molar-refractivity contribution in [2.45, 2.75) is 134 Å². The van der Waals surface area contributed by atoms with E-state index in [1.54, 1.807) is 24.3 Å². The molecule has 2 nitrogen and oxygen atoms in total. The summed E-state index contributed by atoms with van der Waals surface area (Å²) >= 11 is 0. The van der Waals surface area contributed by atoms with E-state index in [0.717, 1.165) is 61.5 Å². The molecule has 0 radical (unpaired) electrons. The monoisotopic (exact) mass is 757 g/mol. The molecule has 0 bridgehead atoms. The van der Waals surface area contributed by atoms with Gasteiger partial charge in [0.1, 0.15) is 12.0 Å². The van der Waals surface area contributed by atoms with Gasteiger partial charge in [-0.15, -0.1) is 0 Å². The van der Waals surface area contributed by atoms with Crippen LogP contribution in [-0.4, -0.2) is 29.3 Å². The van der Waals surface area contributed by atoms with Crippen molar-refractivity contribution in [3.05, 3.63) is 107 Å². The van der Waals surface area contributed by atoms with Crippen LogP contribution < -0.4 is 4.90 Å². The first kappa shape index (κ1) is 39.5. The fraction of sp³-hybridized carbons (Fsp3) is 0.521. The van der Waals surface area contributed by atoms with Crippen LogP contribution >= 0.6 is 0 Å². The summed E-state index contributed by atoms with van der Waals surface area (Å²) in [6.45, 7) is 8.82. The highest BCUT2D eigenvalue weighted by molar-refractivity contribution is 6.07. The number of nitrogens with zero attached hydrogens (tertiary/aromatic N) is 2. The number of unbranched alkanes of at least 4 members (excludes halogenated alkanes) is 2. The van der Waals surface area contributed by atoms with Gasteiger partial charge in [-0.3, -0.25) is 0 Å².